The molecule has 2 rings (SSSR count). The Labute approximate surface area is 126 Å². The van der Waals surface area contributed by atoms with Crippen LogP contribution in [0.2, 0.25) is 0 Å². The van der Waals surface area contributed by atoms with E-state index in [-0.39, 0.29) is 11.9 Å². The Morgan fingerprint density at radius 2 is 2.21 bits per heavy atom. The fraction of sp³-hybridized carbons (Fsp3) is 0.615. The minimum Gasteiger partial charge on any atom is -0.342 e. The number of likely N-dealkylation sites (N-methyl/N-ethyl adjacent to an activating group) is 1. The molecule has 0 spiro atoms. The van der Waals surface area contributed by atoms with Crippen molar-refractivity contribution < 1.29 is 4.79 Å². The fourth-order valence-corrected chi connectivity index (χ4v) is 4.01. The molecule has 1 aromatic rings. The molecule has 1 amide bonds. The van der Waals surface area contributed by atoms with Crippen molar-refractivity contribution in [1.82, 2.24) is 9.80 Å². The van der Waals surface area contributed by atoms with Gasteiger partial charge in [0.25, 0.3) is 0 Å². The van der Waals surface area contributed by atoms with Crippen LogP contribution in [0, 0.1) is 0 Å². The highest BCUT2D eigenvalue weighted by Crippen LogP contribution is 2.29. The van der Waals surface area contributed by atoms with E-state index in [2.05, 4.69) is 26.9 Å². The number of nitrogens with two attached hydrogens (primary N) is 1. The highest BCUT2D eigenvalue weighted by atomic mass is 79.9. The quantitative estimate of drug-likeness (QED) is 0.888. The highest BCUT2D eigenvalue weighted by molar-refractivity contribution is 9.11. The van der Waals surface area contributed by atoms with Crippen LogP contribution in [0.3, 0.4) is 0 Å². The van der Waals surface area contributed by atoms with E-state index in [9.17, 15) is 4.79 Å². The van der Waals surface area contributed by atoms with Crippen LogP contribution in [0.1, 0.15) is 23.8 Å². The van der Waals surface area contributed by atoms with Crippen molar-refractivity contribution in [2.75, 3.05) is 33.2 Å². The molecular formula is C13H20BrN3OS. The van der Waals surface area contributed by atoms with Gasteiger partial charge in [0, 0.05) is 24.5 Å². The molecule has 0 aromatic carbocycles. The second-order valence-electron chi connectivity index (χ2n) is 4.90. The summed E-state index contributed by atoms with van der Waals surface area (Å²) in [5, 5.41) is 0. The van der Waals surface area contributed by atoms with E-state index in [0.717, 1.165) is 29.7 Å². The van der Waals surface area contributed by atoms with E-state index in [1.165, 1.54) is 4.88 Å². The minimum absolute atomic E-state index is 0.114. The third kappa shape index (κ3) is 3.78. The van der Waals surface area contributed by atoms with Crippen molar-refractivity contribution >= 4 is 33.2 Å². The first-order valence-electron chi connectivity index (χ1n) is 6.55. The maximum atomic E-state index is 12.2. The topological polar surface area (TPSA) is 49.6 Å². The molecule has 1 fully saturated rings. The predicted molar refractivity (Wildman–Crippen MR) is 82.3 cm³/mol. The fourth-order valence-electron chi connectivity index (χ4n) is 2.41. The first kappa shape index (κ1) is 15.0. The zero-order chi connectivity index (χ0) is 13.8. The molecule has 1 aliphatic heterocycles. The standard InChI is InChI=1S/C13H20BrN3OS/c1-16(9-13(18)17-6-2-3-7-17)10(8-15)11-4-5-12(14)19-11/h4-5,10H,2-3,6-9,15H2,1H3. The summed E-state index contributed by atoms with van der Waals surface area (Å²) in [5.74, 6) is 0.217. The Hall–Kier alpha value is -0.430. The van der Waals surface area contributed by atoms with Gasteiger partial charge in [-0.2, -0.15) is 0 Å². The van der Waals surface area contributed by atoms with E-state index >= 15 is 0 Å². The average Bonchev–Trinajstić information content (AvgIpc) is 3.01. The molecule has 1 saturated heterocycles. The van der Waals surface area contributed by atoms with E-state index < -0.39 is 0 Å². The molecular weight excluding hydrogens is 326 g/mol. The second kappa shape index (κ2) is 6.83. The second-order valence-corrected chi connectivity index (χ2v) is 7.39. The number of rotatable bonds is 5. The van der Waals surface area contributed by atoms with E-state index in [1.807, 2.05) is 18.0 Å². The van der Waals surface area contributed by atoms with Crippen molar-refractivity contribution in [2.24, 2.45) is 5.73 Å². The predicted octanol–water partition coefficient (Wildman–Crippen LogP) is 2.06. The molecule has 0 saturated carbocycles. The Bertz CT molecular complexity index is 431. The Morgan fingerprint density at radius 3 is 2.74 bits per heavy atom. The van der Waals surface area contributed by atoms with Crippen LogP contribution in [0.15, 0.2) is 15.9 Å². The molecule has 1 aromatic heterocycles. The normalized spacial score (nSPS) is 17.2. The summed E-state index contributed by atoms with van der Waals surface area (Å²) in [4.78, 5) is 17.4. The molecule has 1 unspecified atom stereocenters. The first-order valence-corrected chi connectivity index (χ1v) is 8.16. The zero-order valence-electron chi connectivity index (χ0n) is 11.1. The van der Waals surface area contributed by atoms with Crippen molar-refractivity contribution in [3.8, 4) is 0 Å². The Kier molecular flexibility index (Phi) is 5.38. The first-order chi connectivity index (χ1) is 9.11. The van der Waals surface area contributed by atoms with Crippen LogP contribution < -0.4 is 5.73 Å². The number of carbonyl (C=O) groups excluding carboxylic acids is 1. The Morgan fingerprint density at radius 1 is 1.53 bits per heavy atom. The number of thiophene rings is 1. The molecule has 1 aliphatic rings. The molecule has 106 valence electrons. The molecule has 19 heavy (non-hydrogen) atoms. The summed E-state index contributed by atoms with van der Waals surface area (Å²) in [7, 11) is 1.97. The highest BCUT2D eigenvalue weighted by Gasteiger charge is 2.23. The summed E-state index contributed by atoms with van der Waals surface area (Å²) >= 11 is 5.15. The summed E-state index contributed by atoms with van der Waals surface area (Å²) in [6.45, 7) is 2.78. The van der Waals surface area contributed by atoms with Crippen LogP contribution in [-0.4, -0.2) is 48.9 Å². The van der Waals surface area contributed by atoms with Crippen molar-refractivity contribution in [2.45, 2.75) is 18.9 Å². The summed E-state index contributed by atoms with van der Waals surface area (Å²) in [5.41, 5.74) is 5.87. The molecule has 0 aliphatic carbocycles. The van der Waals surface area contributed by atoms with Crippen molar-refractivity contribution in [3.63, 3.8) is 0 Å². The smallest absolute Gasteiger partial charge is 0.236 e. The van der Waals surface area contributed by atoms with Gasteiger partial charge in [-0.15, -0.1) is 11.3 Å². The number of likely N-dealkylation sites (tertiary alicyclic amines) is 1. The van der Waals surface area contributed by atoms with E-state index in [0.29, 0.717) is 13.1 Å². The van der Waals surface area contributed by atoms with Gasteiger partial charge in [0.05, 0.1) is 16.4 Å². The summed E-state index contributed by atoms with van der Waals surface area (Å²) in [6.07, 6.45) is 2.27. The van der Waals surface area contributed by atoms with Crippen LogP contribution in [0.25, 0.3) is 0 Å². The van der Waals surface area contributed by atoms with Crippen LogP contribution in [0.4, 0.5) is 0 Å². The van der Waals surface area contributed by atoms with Gasteiger partial charge in [-0.3, -0.25) is 9.69 Å². The largest absolute Gasteiger partial charge is 0.342 e. The lowest BCUT2D eigenvalue weighted by molar-refractivity contribution is -0.131. The molecule has 6 heteroatoms. The minimum atomic E-state index is 0.114. The summed E-state index contributed by atoms with van der Waals surface area (Å²) < 4.78 is 1.10. The molecule has 1 atom stereocenters. The maximum absolute atomic E-state index is 12.2. The molecule has 2 heterocycles. The lowest BCUT2D eigenvalue weighted by atomic mass is 10.2. The van der Waals surface area contributed by atoms with Crippen LogP contribution in [0.5, 0.6) is 0 Å². The average molecular weight is 346 g/mol. The molecule has 2 N–H and O–H groups in total. The van der Waals surface area contributed by atoms with Crippen LogP contribution >= 0.6 is 27.3 Å². The third-order valence-corrected chi connectivity index (χ3v) is 5.25. The third-order valence-electron chi connectivity index (χ3n) is 3.52. The monoisotopic (exact) mass is 345 g/mol. The van der Waals surface area contributed by atoms with Crippen molar-refractivity contribution in [1.29, 1.82) is 0 Å². The maximum Gasteiger partial charge on any atom is 0.236 e. The zero-order valence-corrected chi connectivity index (χ0v) is 13.5. The van der Waals surface area contributed by atoms with Gasteiger partial charge in [-0.25, -0.2) is 0 Å². The SMILES string of the molecule is CN(CC(=O)N1CCCC1)C(CN)c1ccc(Br)s1. The van der Waals surface area contributed by atoms with Gasteiger partial charge >= 0.3 is 0 Å². The van der Waals surface area contributed by atoms with Crippen LogP contribution in [-0.2, 0) is 4.79 Å². The number of hydrogen-bond acceptors (Lipinski definition) is 4. The molecule has 4 nitrogen and oxygen atoms in total. The van der Waals surface area contributed by atoms with Gasteiger partial charge in [0.2, 0.25) is 5.91 Å². The number of hydrogen-bond donors (Lipinski definition) is 1. The summed E-state index contributed by atoms with van der Waals surface area (Å²) in [6, 6.07) is 4.21. The Balaban J connectivity index is 1.96. The van der Waals surface area contributed by atoms with Crippen molar-refractivity contribution in [3.05, 3.63) is 20.8 Å². The molecule has 0 radical (unpaired) electrons. The van der Waals surface area contributed by atoms with Gasteiger partial charge in [-0.05, 0) is 48.0 Å². The number of nitrogens with zero attached hydrogens (tertiary/aromatic N) is 2. The number of amides is 1. The van der Waals surface area contributed by atoms with E-state index in [4.69, 9.17) is 5.73 Å². The van der Waals surface area contributed by atoms with Gasteiger partial charge < -0.3 is 10.6 Å². The lowest BCUT2D eigenvalue weighted by Gasteiger charge is -2.27. The number of carbonyl (C=O) groups is 1. The number of halogens is 1. The van der Waals surface area contributed by atoms with Gasteiger partial charge in [0.15, 0.2) is 0 Å². The van der Waals surface area contributed by atoms with Gasteiger partial charge in [-0.1, -0.05) is 0 Å². The molecule has 0 bridgehead atoms. The van der Waals surface area contributed by atoms with E-state index in [1.54, 1.807) is 11.3 Å². The lowest BCUT2D eigenvalue weighted by Crippen LogP contribution is -2.40. The van der Waals surface area contributed by atoms with Gasteiger partial charge in [0.1, 0.15) is 0 Å².